The van der Waals surface area contributed by atoms with Crippen LogP contribution < -0.4 is 15.5 Å². The monoisotopic (exact) mass is 579 g/mol. The fraction of sp³-hybridized carbons (Fsp3) is 0.645. The summed E-state index contributed by atoms with van der Waals surface area (Å²) in [4.78, 5) is 68.5. The summed E-state index contributed by atoms with van der Waals surface area (Å²) in [6, 6.07) is 5.50. The van der Waals surface area contributed by atoms with Crippen LogP contribution in [0.25, 0.3) is 0 Å². The molecular weight excluding hydrogens is 538 g/mol. The number of carbonyl (C=O) groups is 5. The number of anilines is 1. The zero-order valence-electron chi connectivity index (χ0n) is 24.7. The Morgan fingerprint density at radius 3 is 2.24 bits per heavy atom. The number of alkyl carbamates (subject to hydrolysis) is 1. The Morgan fingerprint density at radius 2 is 1.60 bits per heavy atom. The van der Waals surface area contributed by atoms with Crippen LogP contribution in [0.1, 0.15) is 92.9 Å². The van der Waals surface area contributed by atoms with Crippen LogP contribution in [0.2, 0.25) is 0 Å². The lowest BCUT2D eigenvalue weighted by Crippen LogP contribution is -2.55. The molecule has 1 aromatic carbocycles. The predicted molar refractivity (Wildman–Crippen MR) is 154 cm³/mol. The number of imide groups is 2. The second-order valence-electron chi connectivity index (χ2n) is 13.5. The number of nitrogens with one attached hydrogen (secondary N) is 2. The van der Waals surface area contributed by atoms with E-state index >= 15 is 0 Å². The van der Waals surface area contributed by atoms with Gasteiger partial charge in [0.2, 0.25) is 11.8 Å². The lowest BCUT2D eigenvalue weighted by atomic mass is 9.85. The van der Waals surface area contributed by atoms with Gasteiger partial charge < -0.3 is 15.0 Å². The van der Waals surface area contributed by atoms with E-state index in [1.165, 1.54) is 0 Å². The fourth-order valence-electron chi connectivity index (χ4n) is 7.42. The molecule has 42 heavy (non-hydrogen) atoms. The fourth-order valence-corrected chi connectivity index (χ4v) is 7.42. The van der Waals surface area contributed by atoms with Crippen LogP contribution in [0, 0.1) is 5.92 Å². The number of piperidine rings is 1. The largest absolute Gasteiger partial charge is 0.444 e. The Morgan fingerprint density at radius 1 is 0.929 bits per heavy atom. The second kappa shape index (κ2) is 11.0. The average Bonchev–Trinajstić information content (AvgIpc) is 3.29. The highest BCUT2D eigenvalue weighted by Gasteiger charge is 2.46. The maximum atomic E-state index is 13.3. The third-order valence-corrected chi connectivity index (χ3v) is 9.46. The summed E-state index contributed by atoms with van der Waals surface area (Å²) in [5.74, 6) is -1.31. The molecular formula is C31H41N5O6. The van der Waals surface area contributed by atoms with E-state index in [4.69, 9.17) is 4.74 Å². The van der Waals surface area contributed by atoms with Crippen molar-refractivity contribution in [2.24, 2.45) is 5.92 Å². The van der Waals surface area contributed by atoms with Crippen LogP contribution in [-0.4, -0.2) is 88.9 Å². The van der Waals surface area contributed by atoms with Crippen LogP contribution in [0.5, 0.6) is 0 Å². The highest BCUT2D eigenvalue weighted by atomic mass is 16.6. The second-order valence-corrected chi connectivity index (χ2v) is 13.5. The van der Waals surface area contributed by atoms with Crippen molar-refractivity contribution in [3.63, 3.8) is 0 Å². The van der Waals surface area contributed by atoms with E-state index in [2.05, 4.69) is 20.4 Å². The first-order chi connectivity index (χ1) is 20.0. The summed E-state index contributed by atoms with van der Waals surface area (Å²) < 4.78 is 5.42. The quantitative estimate of drug-likeness (QED) is 0.510. The molecule has 4 aliphatic heterocycles. The highest BCUT2D eigenvalue weighted by molar-refractivity contribution is 6.23. The third-order valence-electron chi connectivity index (χ3n) is 9.46. The van der Waals surface area contributed by atoms with E-state index < -0.39 is 29.4 Å². The van der Waals surface area contributed by atoms with E-state index in [0.29, 0.717) is 29.1 Å². The van der Waals surface area contributed by atoms with Crippen LogP contribution in [-0.2, 0) is 14.3 Å². The molecule has 2 N–H and O–H groups in total. The molecule has 5 aliphatic rings. The number of piperazine rings is 1. The van der Waals surface area contributed by atoms with E-state index in [0.717, 1.165) is 68.7 Å². The topological polar surface area (TPSA) is 128 Å². The summed E-state index contributed by atoms with van der Waals surface area (Å²) in [5.41, 5.74) is 1.07. The van der Waals surface area contributed by atoms with Crippen molar-refractivity contribution in [2.75, 3.05) is 24.5 Å². The number of hydrogen-bond donors (Lipinski definition) is 2. The lowest BCUT2D eigenvalue weighted by Gasteiger charge is -2.44. The van der Waals surface area contributed by atoms with Crippen molar-refractivity contribution in [2.45, 2.75) is 102 Å². The molecule has 0 spiro atoms. The molecule has 0 aromatic heterocycles. The molecule has 5 amide bonds. The van der Waals surface area contributed by atoms with Gasteiger partial charge in [0, 0.05) is 49.9 Å². The van der Waals surface area contributed by atoms with Crippen molar-refractivity contribution in [3.8, 4) is 0 Å². The maximum Gasteiger partial charge on any atom is 0.407 e. The molecule has 3 atom stereocenters. The molecule has 0 radical (unpaired) electrons. The van der Waals surface area contributed by atoms with Gasteiger partial charge in [-0.25, -0.2) is 4.79 Å². The third kappa shape index (κ3) is 5.63. The average molecular weight is 580 g/mol. The van der Waals surface area contributed by atoms with Crippen molar-refractivity contribution in [3.05, 3.63) is 29.3 Å². The summed E-state index contributed by atoms with van der Waals surface area (Å²) in [6.45, 7) is 8.42. The molecule has 6 rings (SSSR count). The minimum Gasteiger partial charge on any atom is -0.444 e. The van der Waals surface area contributed by atoms with Crippen molar-refractivity contribution >= 4 is 35.4 Å². The molecule has 226 valence electrons. The van der Waals surface area contributed by atoms with E-state index in [1.807, 2.05) is 26.8 Å². The molecule has 3 saturated heterocycles. The number of fused-ring (bicyclic) bond motifs is 3. The van der Waals surface area contributed by atoms with Gasteiger partial charge in [-0.05, 0) is 89.8 Å². The standard InChI is InChI=1S/C31H41N5O6/c1-31(2,3)42-30(41)32-19-6-4-18(5-7-19)15-35-21-8-9-22(35)17-34(16-21)20-10-11-23-24(14-20)29(40)36(28(23)39)25-12-13-26(37)33-27(25)38/h10-11,14,18-19,21-22,25H,4-9,12-13,15-17H2,1-3H3,(H,32,41)(H,33,37,38)/t18?,19?,21-,22+,25?. The Labute approximate surface area is 246 Å². The maximum absolute atomic E-state index is 13.3. The Balaban J connectivity index is 1.05. The molecule has 2 bridgehead atoms. The van der Waals surface area contributed by atoms with E-state index in [1.54, 1.807) is 12.1 Å². The first-order valence-corrected chi connectivity index (χ1v) is 15.3. The summed E-state index contributed by atoms with van der Waals surface area (Å²) in [5, 5.41) is 5.28. The van der Waals surface area contributed by atoms with Gasteiger partial charge in [0.1, 0.15) is 11.6 Å². The smallest absolute Gasteiger partial charge is 0.407 e. The minimum atomic E-state index is -0.957. The molecule has 11 nitrogen and oxygen atoms in total. The molecule has 1 aliphatic carbocycles. The molecule has 1 aromatic rings. The zero-order chi connectivity index (χ0) is 29.8. The molecule has 11 heteroatoms. The van der Waals surface area contributed by atoms with E-state index in [9.17, 15) is 24.0 Å². The lowest BCUT2D eigenvalue weighted by molar-refractivity contribution is -0.136. The number of amides is 5. The summed E-state index contributed by atoms with van der Waals surface area (Å²) in [7, 11) is 0. The first-order valence-electron chi connectivity index (χ1n) is 15.3. The normalized spacial score (nSPS) is 29.9. The van der Waals surface area contributed by atoms with Gasteiger partial charge in [-0.2, -0.15) is 0 Å². The molecule has 1 unspecified atom stereocenters. The Hall–Kier alpha value is -3.47. The molecule has 4 heterocycles. The number of rotatable bonds is 5. The van der Waals surface area contributed by atoms with Crippen molar-refractivity contribution in [1.29, 1.82) is 0 Å². The number of carbonyl (C=O) groups excluding carboxylic acids is 5. The molecule has 1 saturated carbocycles. The van der Waals surface area contributed by atoms with Gasteiger partial charge in [0.15, 0.2) is 0 Å². The van der Waals surface area contributed by atoms with Crippen molar-refractivity contribution < 1.29 is 28.7 Å². The summed E-state index contributed by atoms with van der Waals surface area (Å²) >= 11 is 0. The van der Waals surface area contributed by atoms with Gasteiger partial charge >= 0.3 is 6.09 Å². The van der Waals surface area contributed by atoms with Gasteiger partial charge in [-0.1, -0.05) is 0 Å². The number of benzene rings is 1. The summed E-state index contributed by atoms with van der Waals surface area (Å²) in [6.07, 6.45) is 6.32. The first kappa shape index (κ1) is 28.6. The van der Waals surface area contributed by atoms with Crippen molar-refractivity contribution in [1.82, 2.24) is 20.4 Å². The zero-order valence-corrected chi connectivity index (χ0v) is 24.7. The SMILES string of the molecule is CC(C)(C)OC(=O)NC1CCC(CN2[C@@H]3CC[C@H]2CN(c2ccc4c(c2)C(=O)N(C2CCC(=O)NC2=O)C4=O)C3)CC1. The van der Waals surface area contributed by atoms with Crippen LogP contribution in [0.3, 0.4) is 0 Å². The van der Waals surface area contributed by atoms with Gasteiger partial charge in [0.25, 0.3) is 11.8 Å². The minimum absolute atomic E-state index is 0.104. The van der Waals surface area contributed by atoms with Gasteiger partial charge in [-0.15, -0.1) is 0 Å². The highest BCUT2D eigenvalue weighted by Crippen LogP contribution is 2.37. The van der Waals surface area contributed by atoms with Crippen LogP contribution in [0.4, 0.5) is 10.5 Å². The Kier molecular flexibility index (Phi) is 7.49. The number of hydrogen-bond acceptors (Lipinski definition) is 8. The van der Waals surface area contributed by atoms with Gasteiger partial charge in [0.05, 0.1) is 11.1 Å². The van der Waals surface area contributed by atoms with Crippen LogP contribution >= 0.6 is 0 Å². The predicted octanol–water partition coefficient (Wildman–Crippen LogP) is 2.82. The number of nitrogens with zero attached hydrogens (tertiary/aromatic N) is 3. The van der Waals surface area contributed by atoms with Gasteiger partial charge in [-0.3, -0.25) is 34.3 Å². The van der Waals surface area contributed by atoms with Crippen LogP contribution in [0.15, 0.2) is 18.2 Å². The number of ether oxygens (including phenoxy) is 1. The molecule has 4 fully saturated rings. The Bertz CT molecular complexity index is 1280. The van der Waals surface area contributed by atoms with E-state index in [-0.39, 0.29) is 30.9 Å².